The highest BCUT2D eigenvalue weighted by molar-refractivity contribution is 7.90. The third-order valence-corrected chi connectivity index (χ3v) is 3.75. The average Bonchev–Trinajstić information content (AvgIpc) is 2.82. The molecule has 0 spiro atoms. The molecule has 0 bridgehead atoms. The zero-order chi connectivity index (χ0) is 13.9. The monoisotopic (exact) mass is 285 g/mol. The lowest BCUT2D eigenvalue weighted by Crippen LogP contribution is -2.05. The van der Waals surface area contributed by atoms with E-state index in [4.69, 9.17) is 10.2 Å². The van der Waals surface area contributed by atoms with Gasteiger partial charge in [0.15, 0.2) is 0 Å². The smallest absolute Gasteiger partial charge is 0.335 e. The SMILES string of the molecule is NCCc1nnc(S(=O)(=O)Cc2ccc(F)cc2)o1. The minimum absolute atomic E-state index is 0.181. The predicted molar refractivity (Wildman–Crippen MR) is 64.3 cm³/mol. The molecule has 0 aliphatic rings. The highest BCUT2D eigenvalue weighted by atomic mass is 32.2. The molecule has 1 aromatic heterocycles. The number of sulfone groups is 1. The third kappa shape index (κ3) is 3.36. The summed E-state index contributed by atoms with van der Waals surface area (Å²) in [5.41, 5.74) is 5.75. The summed E-state index contributed by atoms with van der Waals surface area (Å²) in [5, 5.41) is 6.63. The van der Waals surface area contributed by atoms with Gasteiger partial charge < -0.3 is 10.2 Å². The highest BCUT2D eigenvalue weighted by Crippen LogP contribution is 2.15. The van der Waals surface area contributed by atoms with E-state index >= 15 is 0 Å². The fraction of sp³-hybridized carbons (Fsp3) is 0.273. The summed E-state index contributed by atoms with van der Waals surface area (Å²) < 4.78 is 41.7. The van der Waals surface area contributed by atoms with Gasteiger partial charge in [-0.25, -0.2) is 12.8 Å². The van der Waals surface area contributed by atoms with Crippen molar-refractivity contribution < 1.29 is 17.2 Å². The van der Waals surface area contributed by atoms with Gasteiger partial charge in [-0.2, -0.15) is 0 Å². The summed E-state index contributed by atoms with van der Waals surface area (Å²) in [6, 6.07) is 5.17. The predicted octanol–water partition coefficient (Wildman–Crippen LogP) is 0.684. The van der Waals surface area contributed by atoms with E-state index in [-0.39, 0.29) is 11.6 Å². The second-order valence-corrected chi connectivity index (χ2v) is 5.75. The molecule has 0 radical (unpaired) electrons. The second kappa shape index (κ2) is 5.45. The van der Waals surface area contributed by atoms with Crippen LogP contribution in [0.3, 0.4) is 0 Å². The standard InChI is InChI=1S/C11H12FN3O3S/c12-9-3-1-8(2-4-9)7-19(16,17)11-15-14-10(18-11)5-6-13/h1-4H,5-7,13H2. The van der Waals surface area contributed by atoms with Crippen molar-refractivity contribution in [3.8, 4) is 0 Å². The van der Waals surface area contributed by atoms with Crippen LogP contribution in [0.1, 0.15) is 11.5 Å². The normalized spacial score (nSPS) is 11.7. The summed E-state index contributed by atoms with van der Waals surface area (Å²) in [7, 11) is -3.73. The molecule has 0 saturated carbocycles. The van der Waals surface area contributed by atoms with E-state index in [9.17, 15) is 12.8 Å². The Morgan fingerprint density at radius 1 is 1.21 bits per heavy atom. The molecule has 2 aromatic rings. The fourth-order valence-corrected chi connectivity index (χ4v) is 2.59. The van der Waals surface area contributed by atoms with Crippen molar-refractivity contribution in [1.29, 1.82) is 0 Å². The van der Waals surface area contributed by atoms with Gasteiger partial charge in [-0.1, -0.05) is 17.2 Å². The molecule has 8 heteroatoms. The van der Waals surface area contributed by atoms with E-state index in [1.54, 1.807) is 0 Å². The maximum absolute atomic E-state index is 12.7. The van der Waals surface area contributed by atoms with E-state index in [0.29, 0.717) is 18.5 Å². The Hall–Kier alpha value is -1.80. The molecular formula is C11H12FN3O3S. The maximum atomic E-state index is 12.7. The topological polar surface area (TPSA) is 99.1 Å². The van der Waals surface area contributed by atoms with E-state index in [0.717, 1.165) is 0 Å². The van der Waals surface area contributed by atoms with Gasteiger partial charge >= 0.3 is 5.22 Å². The number of rotatable bonds is 5. The largest absolute Gasteiger partial charge is 0.412 e. The number of nitrogens with zero attached hydrogens (tertiary/aromatic N) is 2. The molecule has 0 unspecified atom stereocenters. The van der Waals surface area contributed by atoms with Crippen LogP contribution in [0.25, 0.3) is 0 Å². The van der Waals surface area contributed by atoms with Crippen molar-refractivity contribution in [3.05, 3.63) is 41.5 Å². The maximum Gasteiger partial charge on any atom is 0.335 e. The number of nitrogens with two attached hydrogens (primary N) is 1. The Bertz CT molecular complexity index is 652. The first-order valence-electron chi connectivity index (χ1n) is 5.51. The van der Waals surface area contributed by atoms with E-state index in [2.05, 4.69) is 10.2 Å². The van der Waals surface area contributed by atoms with Crippen molar-refractivity contribution in [2.24, 2.45) is 5.73 Å². The van der Waals surface area contributed by atoms with Crippen LogP contribution < -0.4 is 5.73 Å². The Morgan fingerprint density at radius 2 is 1.89 bits per heavy atom. The number of benzene rings is 1. The van der Waals surface area contributed by atoms with Crippen molar-refractivity contribution in [2.75, 3.05) is 6.54 Å². The third-order valence-electron chi connectivity index (χ3n) is 2.34. The zero-order valence-electron chi connectivity index (χ0n) is 9.91. The molecule has 1 heterocycles. The van der Waals surface area contributed by atoms with Gasteiger partial charge in [0.25, 0.3) is 0 Å². The van der Waals surface area contributed by atoms with Gasteiger partial charge in [0.05, 0.1) is 5.75 Å². The molecule has 2 N–H and O–H groups in total. The Morgan fingerprint density at radius 3 is 2.53 bits per heavy atom. The van der Waals surface area contributed by atoms with Crippen LogP contribution in [0.15, 0.2) is 33.9 Å². The minimum Gasteiger partial charge on any atom is -0.412 e. The van der Waals surface area contributed by atoms with Gasteiger partial charge in [0.2, 0.25) is 15.7 Å². The average molecular weight is 285 g/mol. The Balaban J connectivity index is 2.19. The van der Waals surface area contributed by atoms with Crippen LogP contribution in [-0.2, 0) is 22.0 Å². The summed E-state index contributed by atoms with van der Waals surface area (Å²) in [6.45, 7) is 0.291. The first-order chi connectivity index (χ1) is 9.01. The second-order valence-electron chi connectivity index (χ2n) is 3.89. The van der Waals surface area contributed by atoms with Crippen LogP contribution in [0.4, 0.5) is 4.39 Å². The van der Waals surface area contributed by atoms with Crippen molar-refractivity contribution in [1.82, 2.24) is 10.2 Å². The molecule has 19 heavy (non-hydrogen) atoms. The van der Waals surface area contributed by atoms with Crippen LogP contribution >= 0.6 is 0 Å². The molecule has 102 valence electrons. The van der Waals surface area contributed by atoms with Crippen molar-refractivity contribution in [2.45, 2.75) is 17.4 Å². The summed E-state index contributed by atoms with van der Waals surface area (Å²) in [5.74, 6) is -0.568. The Kier molecular flexibility index (Phi) is 3.91. The molecule has 6 nitrogen and oxygen atoms in total. The molecule has 1 aromatic carbocycles. The molecule has 0 saturated heterocycles. The van der Waals surface area contributed by atoms with E-state index < -0.39 is 20.9 Å². The highest BCUT2D eigenvalue weighted by Gasteiger charge is 2.22. The van der Waals surface area contributed by atoms with Crippen molar-refractivity contribution >= 4 is 9.84 Å². The molecular weight excluding hydrogens is 273 g/mol. The van der Waals surface area contributed by atoms with Gasteiger partial charge in [0, 0.05) is 13.0 Å². The number of hydrogen-bond donors (Lipinski definition) is 1. The summed E-state index contributed by atoms with van der Waals surface area (Å²) in [6.07, 6.45) is 0.319. The summed E-state index contributed by atoms with van der Waals surface area (Å²) >= 11 is 0. The molecule has 0 atom stereocenters. The van der Waals surface area contributed by atoms with Gasteiger partial charge in [-0.05, 0) is 17.7 Å². The fourth-order valence-electron chi connectivity index (χ4n) is 1.45. The number of halogens is 1. The Labute approximate surface area is 109 Å². The first-order valence-corrected chi connectivity index (χ1v) is 7.16. The lowest BCUT2D eigenvalue weighted by atomic mass is 10.2. The quantitative estimate of drug-likeness (QED) is 0.867. The van der Waals surface area contributed by atoms with E-state index in [1.165, 1.54) is 24.3 Å². The molecule has 0 fully saturated rings. The minimum atomic E-state index is -3.73. The number of aromatic nitrogens is 2. The molecule has 2 rings (SSSR count). The molecule has 0 aliphatic carbocycles. The van der Waals surface area contributed by atoms with Gasteiger partial charge in [-0.3, -0.25) is 0 Å². The van der Waals surface area contributed by atoms with Crippen LogP contribution in [0.5, 0.6) is 0 Å². The first kappa shape index (κ1) is 13.6. The lowest BCUT2D eigenvalue weighted by Gasteiger charge is -2.00. The van der Waals surface area contributed by atoms with Crippen LogP contribution in [0, 0.1) is 5.82 Å². The zero-order valence-corrected chi connectivity index (χ0v) is 10.7. The lowest BCUT2D eigenvalue weighted by molar-refractivity contribution is 0.397. The van der Waals surface area contributed by atoms with Gasteiger partial charge in [-0.15, -0.1) is 5.10 Å². The van der Waals surface area contributed by atoms with Crippen LogP contribution in [0.2, 0.25) is 0 Å². The van der Waals surface area contributed by atoms with E-state index in [1.807, 2.05) is 0 Å². The molecule has 0 aliphatic heterocycles. The van der Waals surface area contributed by atoms with Gasteiger partial charge in [0.1, 0.15) is 5.82 Å². The van der Waals surface area contributed by atoms with Crippen molar-refractivity contribution in [3.63, 3.8) is 0 Å². The van der Waals surface area contributed by atoms with Crippen LogP contribution in [-0.4, -0.2) is 25.2 Å². The number of hydrogen-bond acceptors (Lipinski definition) is 6. The molecule has 0 amide bonds. The summed E-state index contributed by atoms with van der Waals surface area (Å²) in [4.78, 5) is 0.